The summed E-state index contributed by atoms with van der Waals surface area (Å²) in [6, 6.07) is 6.20. The Hall–Kier alpha value is -2.02. The highest BCUT2D eigenvalue weighted by atomic mass is 79.9. The van der Waals surface area contributed by atoms with Gasteiger partial charge >= 0.3 is 0 Å². The van der Waals surface area contributed by atoms with Crippen LogP contribution < -0.4 is 5.56 Å². The maximum Gasteiger partial charge on any atom is 0.272 e. The Kier molecular flexibility index (Phi) is 3.75. The summed E-state index contributed by atoms with van der Waals surface area (Å²) in [5, 5.41) is 10.6. The van der Waals surface area contributed by atoms with E-state index in [2.05, 4.69) is 15.9 Å². The number of nitrogens with zero attached hydrogens (tertiary/aromatic N) is 2. The van der Waals surface area contributed by atoms with Gasteiger partial charge in [0.1, 0.15) is 5.82 Å². The molecule has 0 saturated carbocycles. The largest absolute Gasteiger partial charge is 0.310 e. The van der Waals surface area contributed by atoms with Crippen LogP contribution in [0.15, 0.2) is 45.8 Å². The molecule has 19 heavy (non-hydrogen) atoms. The quantitative estimate of drug-likeness (QED) is 0.643. The molecule has 0 N–H and O–H groups in total. The van der Waals surface area contributed by atoms with Crippen LogP contribution in [0.3, 0.4) is 0 Å². The number of hydrogen-bond acceptors (Lipinski definition) is 3. The molecule has 0 aliphatic carbocycles. The third kappa shape index (κ3) is 3.25. The molecular formula is C12H8BrFN2O3. The van der Waals surface area contributed by atoms with Gasteiger partial charge in [0.25, 0.3) is 11.2 Å². The SMILES string of the molecule is O=c1ccc(Br)cn1Cc1cc(F)cc([N+](=O)[O-])c1. The van der Waals surface area contributed by atoms with E-state index in [9.17, 15) is 19.3 Å². The van der Waals surface area contributed by atoms with Gasteiger partial charge in [-0.25, -0.2) is 4.39 Å². The Morgan fingerprint density at radius 2 is 2.05 bits per heavy atom. The Balaban J connectivity index is 2.40. The van der Waals surface area contributed by atoms with Gasteiger partial charge in [-0.3, -0.25) is 14.9 Å². The molecule has 0 amide bonds. The Labute approximate surface area is 115 Å². The average molecular weight is 327 g/mol. The first-order valence-corrected chi connectivity index (χ1v) is 6.05. The zero-order chi connectivity index (χ0) is 14.0. The highest BCUT2D eigenvalue weighted by molar-refractivity contribution is 9.10. The minimum absolute atomic E-state index is 0.0663. The molecule has 0 saturated heterocycles. The van der Waals surface area contributed by atoms with E-state index in [0.717, 1.165) is 6.07 Å². The second kappa shape index (κ2) is 5.31. The van der Waals surface area contributed by atoms with E-state index in [1.165, 1.54) is 22.8 Å². The molecule has 5 nitrogen and oxygen atoms in total. The van der Waals surface area contributed by atoms with E-state index in [1.54, 1.807) is 12.3 Å². The standard InChI is InChI=1S/C12H8BrFN2O3/c13-9-1-2-12(17)15(7-9)6-8-3-10(14)5-11(4-8)16(18)19/h1-5,7H,6H2. The number of nitro benzene ring substituents is 1. The number of halogens is 2. The van der Waals surface area contributed by atoms with E-state index in [1.807, 2.05) is 0 Å². The number of nitro groups is 1. The maximum atomic E-state index is 13.3. The van der Waals surface area contributed by atoms with Gasteiger partial charge in [0, 0.05) is 22.8 Å². The van der Waals surface area contributed by atoms with Crippen molar-refractivity contribution in [1.82, 2.24) is 4.57 Å². The van der Waals surface area contributed by atoms with Gasteiger partial charge in [-0.1, -0.05) is 0 Å². The zero-order valence-electron chi connectivity index (χ0n) is 9.55. The van der Waals surface area contributed by atoms with Crippen LogP contribution in [0, 0.1) is 15.9 Å². The van der Waals surface area contributed by atoms with Gasteiger partial charge < -0.3 is 4.57 Å². The summed E-state index contributed by atoms with van der Waals surface area (Å²) in [6.07, 6.45) is 1.54. The number of rotatable bonds is 3. The van der Waals surface area contributed by atoms with E-state index in [4.69, 9.17) is 0 Å². The fourth-order valence-corrected chi connectivity index (χ4v) is 2.03. The number of aromatic nitrogens is 1. The minimum atomic E-state index is -0.702. The van der Waals surface area contributed by atoms with Gasteiger partial charge in [-0.05, 0) is 33.6 Å². The Morgan fingerprint density at radius 1 is 1.32 bits per heavy atom. The lowest BCUT2D eigenvalue weighted by Crippen LogP contribution is -2.18. The summed E-state index contributed by atoms with van der Waals surface area (Å²) in [7, 11) is 0. The Morgan fingerprint density at radius 3 is 2.74 bits per heavy atom. The van der Waals surface area contributed by atoms with Crippen molar-refractivity contribution in [3.63, 3.8) is 0 Å². The molecule has 98 valence electrons. The van der Waals surface area contributed by atoms with E-state index in [-0.39, 0.29) is 17.8 Å². The average Bonchev–Trinajstić information content (AvgIpc) is 2.33. The summed E-state index contributed by atoms with van der Waals surface area (Å²) >= 11 is 3.22. The molecule has 0 bridgehead atoms. The van der Waals surface area contributed by atoms with Crippen molar-refractivity contribution in [3.05, 3.63) is 72.9 Å². The fourth-order valence-electron chi connectivity index (χ4n) is 1.65. The van der Waals surface area contributed by atoms with Crippen molar-refractivity contribution in [2.75, 3.05) is 0 Å². The number of hydrogen-bond donors (Lipinski definition) is 0. The molecule has 1 heterocycles. The second-order valence-electron chi connectivity index (χ2n) is 3.89. The lowest BCUT2D eigenvalue weighted by molar-refractivity contribution is -0.385. The molecule has 0 spiro atoms. The van der Waals surface area contributed by atoms with Crippen LogP contribution in [0.25, 0.3) is 0 Å². The smallest absolute Gasteiger partial charge is 0.272 e. The lowest BCUT2D eigenvalue weighted by atomic mass is 10.2. The minimum Gasteiger partial charge on any atom is -0.310 e. The van der Waals surface area contributed by atoms with Crippen LogP contribution in [-0.4, -0.2) is 9.49 Å². The van der Waals surface area contributed by atoms with Crippen molar-refractivity contribution in [3.8, 4) is 0 Å². The predicted molar refractivity (Wildman–Crippen MR) is 70.6 cm³/mol. The van der Waals surface area contributed by atoms with Crippen molar-refractivity contribution >= 4 is 21.6 Å². The van der Waals surface area contributed by atoms with Crippen LogP contribution >= 0.6 is 15.9 Å². The molecule has 7 heteroatoms. The molecule has 0 aliphatic rings. The molecule has 0 atom stereocenters. The van der Waals surface area contributed by atoms with Gasteiger partial charge in [0.2, 0.25) is 0 Å². The third-order valence-corrected chi connectivity index (χ3v) is 2.92. The first-order chi connectivity index (χ1) is 8.95. The number of non-ortho nitro benzene ring substituents is 1. The van der Waals surface area contributed by atoms with Crippen molar-refractivity contribution in [2.45, 2.75) is 6.54 Å². The summed E-state index contributed by atoms with van der Waals surface area (Å²) in [5.74, 6) is -0.702. The predicted octanol–water partition coefficient (Wildman–Crippen LogP) is 2.71. The highest BCUT2D eigenvalue weighted by Gasteiger charge is 2.10. The van der Waals surface area contributed by atoms with Gasteiger partial charge in [0.05, 0.1) is 17.5 Å². The van der Waals surface area contributed by atoms with Crippen molar-refractivity contribution < 1.29 is 9.31 Å². The second-order valence-corrected chi connectivity index (χ2v) is 4.80. The van der Waals surface area contributed by atoms with E-state index in [0.29, 0.717) is 10.0 Å². The summed E-state index contributed by atoms with van der Waals surface area (Å²) in [6.45, 7) is 0.0663. The third-order valence-electron chi connectivity index (χ3n) is 2.45. The monoisotopic (exact) mass is 326 g/mol. The zero-order valence-corrected chi connectivity index (χ0v) is 11.1. The summed E-state index contributed by atoms with van der Waals surface area (Å²) in [4.78, 5) is 21.6. The van der Waals surface area contributed by atoms with Crippen molar-refractivity contribution in [2.24, 2.45) is 0 Å². The van der Waals surface area contributed by atoms with Crippen LogP contribution in [0.4, 0.5) is 10.1 Å². The normalized spacial score (nSPS) is 10.4. The molecule has 2 rings (SSSR count). The van der Waals surface area contributed by atoms with Crippen LogP contribution in [-0.2, 0) is 6.54 Å². The molecule has 0 unspecified atom stereocenters. The maximum absolute atomic E-state index is 13.3. The van der Waals surface area contributed by atoms with Crippen LogP contribution in [0.2, 0.25) is 0 Å². The van der Waals surface area contributed by atoms with Gasteiger partial charge in [0.15, 0.2) is 0 Å². The van der Waals surface area contributed by atoms with Gasteiger partial charge in [-0.15, -0.1) is 0 Å². The van der Waals surface area contributed by atoms with Gasteiger partial charge in [-0.2, -0.15) is 0 Å². The molecule has 1 aromatic carbocycles. The Bertz CT molecular complexity index is 700. The lowest BCUT2D eigenvalue weighted by Gasteiger charge is -2.06. The molecule has 0 aliphatic heterocycles. The number of benzene rings is 1. The fraction of sp³-hybridized carbons (Fsp3) is 0.0833. The van der Waals surface area contributed by atoms with E-state index >= 15 is 0 Å². The van der Waals surface area contributed by atoms with Crippen molar-refractivity contribution in [1.29, 1.82) is 0 Å². The first-order valence-electron chi connectivity index (χ1n) is 5.25. The molecular weight excluding hydrogens is 319 g/mol. The summed E-state index contributed by atoms with van der Waals surface area (Å²) in [5.41, 5.74) is -0.250. The molecule has 0 radical (unpaired) electrons. The van der Waals surface area contributed by atoms with Crippen LogP contribution in [0.1, 0.15) is 5.56 Å². The summed E-state index contributed by atoms with van der Waals surface area (Å²) < 4.78 is 15.3. The highest BCUT2D eigenvalue weighted by Crippen LogP contribution is 2.17. The first kappa shape index (κ1) is 13.4. The molecule has 1 aromatic heterocycles. The van der Waals surface area contributed by atoms with Crippen LogP contribution in [0.5, 0.6) is 0 Å². The topological polar surface area (TPSA) is 65.1 Å². The van der Waals surface area contributed by atoms with E-state index < -0.39 is 10.7 Å². The molecule has 0 fully saturated rings. The number of pyridine rings is 1. The molecule has 2 aromatic rings.